The summed E-state index contributed by atoms with van der Waals surface area (Å²) >= 11 is 0. The molecule has 0 fully saturated rings. The second kappa shape index (κ2) is 9.12. The maximum absolute atomic E-state index is 15.4. The Morgan fingerprint density at radius 2 is 2.03 bits per heavy atom. The van der Waals surface area contributed by atoms with Gasteiger partial charge in [0.25, 0.3) is 0 Å². The molecule has 1 aromatic carbocycles. The van der Waals surface area contributed by atoms with Crippen molar-refractivity contribution in [2.75, 3.05) is 36.1 Å². The normalized spacial score (nSPS) is 15.1. The van der Waals surface area contributed by atoms with Gasteiger partial charge < -0.3 is 26.0 Å². The van der Waals surface area contributed by atoms with E-state index in [1.807, 2.05) is 31.7 Å². The number of carbonyl (C=O) groups excluding carboxylic acids is 1. The highest BCUT2D eigenvalue weighted by atomic mass is 19.1. The molecule has 4 N–H and O–H groups in total. The van der Waals surface area contributed by atoms with Gasteiger partial charge in [-0.05, 0) is 38.5 Å². The van der Waals surface area contributed by atoms with Crippen molar-refractivity contribution < 1.29 is 13.9 Å². The number of nitrogen functional groups attached to an aromatic ring is 1. The number of carbonyl (C=O) groups is 1. The molecule has 0 atom stereocenters. The van der Waals surface area contributed by atoms with E-state index in [1.54, 1.807) is 23.0 Å². The Bertz CT molecular complexity index is 1580. The van der Waals surface area contributed by atoms with Crippen LogP contribution in [0.15, 0.2) is 24.4 Å². The third-order valence-corrected chi connectivity index (χ3v) is 7.04. The van der Waals surface area contributed by atoms with Gasteiger partial charge in [-0.3, -0.25) is 9.48 Å². The van der Waals surface area contributed by atoms with Crippen molar-refractivity contribution in [2.24, 2.45) is 0 Å². The molecular weight excluding hydrogens is 489 g/mol. The quantitative estimate of drug-likeness (QED) is 0.349. The predicted molar refractivity (Wildman–Crippen MR) is 142 cm³/mol. The third-order valence-electron chi connectivity index (χ3n) is 7.04. The number of hydrogen-bond acceptors (Lipinski definition) is 9. The Labute approximate surface area is 218 Å². The van der Waals surface area contributed by atoms with Crippen LogP contribution in [0, 0.1) is 12.7 Å². The Balaban J connectivity index is 1.33. The van der Waals surface area contributed by atoms with Crippen LogP contribution < -0.4 is 21.1 Å². The van der Waals surface area contributed by atoms with E-state index in [9.17, 15) is 4.79 Å². The highest BCUT2D eigenvalue weighted by molar-refractivity contribution is 5.96. The van der Waals surface area contributed by atoms with Crippen LogP contribution in [0.2, 0.25) is 0 Å². The van der Waals surface area contributed by atoms with Gasteiger partial charge in [0.1, 0.15) is 24.4 Å². The van der Waals surface area contributed by atoms with Gasteiger partial charge in [0.15, 0.2) is 17.5 Å². The number of halogens is 1. The molecule has 2 aliphatic rings. The van der Waals surface area contributed by atoms with Gasteiger partial charge >= 0.3 is 0 Å². The number of anilines is 4. The van der Waals surface area contributed by atoms with Crippen LogP contribution in [-0.4, -0.2) is 61.5 Å². The van der Waals surface area contributed by atoms with Crippen LogP contribution in [0.25, 0.3) is 22.0 Å². The van der Waals surface area contributed by atoms with Crippen molar-refractivity contribution in [1.82, 2.24) is 29.9 Å². The lowest BCUT2D eigenvalue weighted by molar-refractivity contribution is -0.133. The molecule has 6 rings (SSSR count). The largest absolute Gasteiger partial charge is 0.474 e. The van der Waals surface area contributed by atoms with Crippen LogP contribution >= 0.6 is 0 Å². The van der Waals surface area contributed by atoms with E-state index in [1.165, 1.54) is 0 Å². The minimum Gasteiger partial charge on any atom is -0.474 e. The van der Waals surface area contributed by atoms with Crippen LogP contribution in [0.5, 0.6) is 5.88 Å². The van der Waals surface area contributed by atoms with Crippen LogP contribution in [0.3, 0.4) is 0 Å². The Morgan fingerprint density at radius 3 is 2.84 bits per heavy atom. The molecule has 2 aliphatic heterocycles. The van der Waals surface area contributed by atoms with Crippen LogP contribution in [-0.2, 0) is 17.8 Å². The minimum atomic E-state index is -0.577. The van der Waals surface area contributed by atoms with E-state index in [0.717, 1.165) is 16.9 Å². The zero-order valence-electron chi connectivity index (χ0n) is 21.4. The summed E-state index contributed by atoms with van der Waals surface area (Å²) in [5.41, 5.74) is 9.79. The molecule has 38 heavy (non-hydrogen) atoms. The summed E-state index contributed by atoms with van der Waals surface area (Å²) in [6.45, 7) is 7.91. The number of pyridine rings is 1. The maximum atomic E-state index is 15.4. The standard InChI is InChI=1S/C26H28FN9O2/c1-13(2)35-6-4-16-10-20(34-36(16)12-21(35)37)31-19-9-15-8-17(22(27)23(28)25(15)33-32-19)18-11-30-26-24(14(18)3)29-5-7-38-26/h8-11,13,29H,4-7,12,28H2,1-3H3,(H,31,32,34). The van der Waals surface area contributed by atoms with Gasteiger partial charge in [-0.25, -0.2) is 9.37 Å². The Kier molecular flexibility index (Phi) is 5.73. The summed E-state index contributed by atoms with van der Waals surface area (Å²) in [7, 11) is 0. The van der Waals surface area contributed by atoms with Crippen molar-refractivity contribution in [3.05, 3.63) is 41.5 Å². The van der Waals surface area contributed by atoms with Crippen molar-refractivity contribution in [3.8, 4) is 17.0 Å². The molecule has 3 aromatic heterocycles. The molecule has 0 aliphatic carbocycles. The molecule has 0 saturated heterocycles. The van der Waals surface area contributed by atoms with E-state index in [-0.39, 0.29) is 29.7 Å². The van der Waals surface area contributed by atoms with E-state index in [4.69, 9.17) is 10.5 Å². The second-order valence-electron chi connectivity index (χ2n) is 9.81. The molecular formula is C26H28FN9O2. The molecule has 5 heterocycles. The third kappa shape index (κ3) is 4.01. The lowest BCUT2D eigenvalue weighted by Crippen LogP contribution is -2.38. The van der Waals surface area contributed by atoms with Crippen LogP contribution in [0.1, 0.15) is 25.1 Å². The topological polar surface area (TPSA) is 136 Å². The molecule has 0 saturated carbocycles. The summed E-state index contributed by atoms with van der Waals surface area (Å²) < 4.78 is 22.7. The zero-order valence-corrected chi connectivity index (χ0v) is 21.4. The first-order valence-electron chi connectivity index (χ1n) is 12.6. The number of amides is 1. The molecule has 11 nitrogen and oxygen atoms in total. The summed E-state index contributed by atoms with van der Waals surface area (Å²) in [6, 6.07) is 5.50. The van der Waals surface area contributed by atoms with E-state index in [0.29, 0.717) is 60.1 Å². The first kappa shape index (κ1) is 23.9. The van der Waals surface area contributed by atoms with Gasteiger partial charge in [0.2, 0.25) is 11.8 Å². The number of ether oxygens (including phenoxy) is 1. The fraction of sp³-hybridized carbons (Fsp3) is 0.346. The monoisotopic (exact) mass is 517 g/mol. The lowest BCUT2D eigenvalue weighted by atomic mass is 9.98. The summed E-state index contributed by atoms with van der Waals surface area (Å²) in [6.07, 6.45) is 2.30. The van der Waals surface area contributed by atoms with Crippen molar-refractivity contribution >= 4 is 39.8 Å². The maximum Gasteiger partial charge on any atom is 0.244 e. The fourth-order valence-electron chi connectivity index (χ4n) is 5.05. The SMILES string of the molecule is Cc1c(-c2cc3cc(Nc4cc5n(n4)CC(=O)N(C(C)C)CC5)nnc3c(N)c2F)cnc2c1NCCO2. The van der Waals surface area contributed by atoms with Crippen molar-refractivity contribution in [1.29, 1.82) is 0 Å². The van der Waals surface area contributed by atoms with Gasteiger partial charge in [0.05, 0.1) is 5.69 Å². The summed E-state index contributed by atoms with van der Waals surface area (Å²) in [5, 5.41) is 20.0. The van der Waals surface area contributed by atoms with E-state index < -0.39 is 5.82 Å². The highest BCUT2D eigenvalue weighted by Crippen LogP contribution is 2.39. The lowest BCUT2D eigenvalue weighted by Gasteiger charge is -2.24. The zero-order chi connectivity index (χ0) is 26.6. The summed E-state index contributed by atoms with van der Waals surface area (Å²) in [4.78, 5) is 18.8. The van der Waals surface area contributed by atoms with Gasteiger partial charge in [0, 0.05) is 60.0 Å². The highest BCUT2D eigenvalue weighted by Gasteiger charge is 2.24. The first-order chi connectivity index (χ1) is 18.3. The second-order valence-corrected chi connectivity index (χ2v) is 9.81. The van der Waals surface area contributed by atoms with Gasteiger partial charge in [-0.1, -0.05) is 0 Å². The summed E-state index contributed by atoms with van der Waals surface area (Å²) in [5.74, 6) is 0.939. The Morgan fingerprint density at radius 1 is 1.18 bits per heavy atom. The first-order valence-corrected chi connectivity index (χ1v) is 12.6. The number of hydrogen-bond donors (Lipinski definition) is 3. The number of rotatable bonds is 4. The average Bonchev–Trinajstić information content (AvgIpc) is 3.19. The average molecular weight is 518 g/mol. The number of aromatic nitrogens is 5. The van der Waals surface area contributed by atoms with Crippen molar-refractivity contribution in [2.45, 2.75) is 39.8 Å². The number of fused-ring (bicyclic) bond motifs is 3. The number of benzene rings is 1. The molecule has 0 radical (unpaired) electrons. The van der Waals surface area contributed by atoms with Gasteiger partial charge in [-0.15, -0.1) is 10.2 Å². The van der Waals surface area contributed by atoms with Gasteiger partial charge in [-0.2, -0.15) is 5.10 Å². The molecule has 4 aromatic rings. The van der Waals surface area contributed by atoms with Crippen LogP contribution in [0.4, 0.5) is 27.4 Å². The van der Waals surface area contributed by atoms with Crippen molar-refractivity contribution in [3.63, 3.8) is 0 Å². The molecule has 0 bridgehead atoms. The molecule has 196 valence electrons. The smallest absolute Gasteiger partial charge is 0.244 e. The van der Waals surface area contributed by atoms with E-state index in [2.05, 4.69) is 30.9 Å². The molecule has 0 unspecified atom stereocenters. The Hall–Kier alpha value is -4.48. The molecule has 0 spiro atoms. The minimum absolute atomic E-state index is 0.0395. The number of nitrogens with two attached hydrogens (primary N) is 1. The fourth-order valence-corrected chi connectivity index (χ4v) is 5.05. The predicted octanol–water partition coefficient (Wildman–Crippen LogP) is 3.26. The molecule has 1 amide bonds. The number of nitrogens with zero attached hydrogens (tertiary/aromatic N) is 6. The van der Waals surface area contributed by atoms with E-state index >= 15 is 4.39 Å². The number of nitrogens with one attached hydrogen (secondary N) is 2. The molecule has 12 heteroatoms.